The molecule has 2 heterocycles. The van der Waals surface area contributed by atoms with Gasteiger partial charge in [-0.15, -0.1) is 0 Å². The third kappa shape index (κ3) is 2.92. The molecular weight excluding hydrogens is 222 g/mol. The van der Waals surface area contributed by atoms with E-state index in [4.69, 9.17) is 14.0 Å². The van der Waals surface area contributed by atoms with Gasteiger partial charge in [-0.1, -0.05) is 12.1 Å². The minimum Gasteiger partial charge on any atom is -0.459 e. The lowest BCUT2D eigenvalue weighted by atomic mass is 10.4. The molecule has 0 fully saturated rings. The largest absolute Gasteiger partial charge is 0.459 e. The predicted octanol–water partition coefficient (Wildman–Crippen LogP) is 1.14. The summed E-state index contributed by atoms with van der Waals surface area (Å²) in [7, 11) is 0. The molecule has 2 aromatic rings. The van der Waals surface area contributed by atoms with Crippen molar-refractivity contribution in [1.82, 2.24) is 15.0 Å². The molecule has 0 bridgehead atoms. The Labute approximate surface area is 98.8 Å². The lowest BCUT2D eigenvalue weighted by molar-refractivity contribution is 0.192. The Hall–Kier alpha value is -1.66. The van der Waals surface area contributed by atoms with Crippen molar-refractivity contribution in [2.45, 2.75) is 13.5 Å². The van der Waals surface area contributed by atoms with Gasteiger partial charge in [0.15, 0.2) is 11.6 Å². The van der Waals surface area contributed by atoms with Crippen molar-refractivity contribution in [1.29, 1.82) is 0 Å². The molecule has 0 aromatic carbocycles. The average Bonchev–Trinajstić information content (AvgIpc) is 2.98. The first kappa shape index (κ1) is 11.8. The first-order chi connectivity index (χ1) is 8.33. The standard InChI is InChI=1S/C11H15N3O3/c1-2-14(5-6-15)8-10-12-11(17-13-10)9-4-3-7-16-9/h3-4,7,15H,2,5-6,8H2,1H3. The highest BCUT2D eigenvalue weighted by Crippen LogP contribution is 2.17. The molecule has 0 saturated carbocycles. The van der Waals surface area contributed by atoms with E-state index in [1.54, 1.807) is 18.4 Å². The van der Waals surface area contributed by atoms with E-state index in [9.17, 15) is 0 Å². The van der Waals surface area contributed by atoms with Crippen LogP contribution < -0.4 is 0 Å². The van der Waals surface area contributed by atoms with Crippen LogP contribution in [0.1, 0.15) is 12.7 Å². The van der Waals surface area contributed by atoms with Crippen LogP contribution in [0, 0.1) is 0 Å². The van der Waals surface area contributed by atoms with Gasteiger partial charge in [0.1, 0.15) is 0 Å². The SMILES string of the molecule is CCN(CCO)Cc1noc(-c2ccco2)n1. The molecule has 2 aromatic heterocycles. The summed E-state index contributed by atoms with van der Waals surface area (Å²) in [5.41, 5.74) is 0. The third-order valence-corrected chi connectivity index (χ3v) is 2.43. The fourth-order valence-electron chi connectivity index (χ4n) is 1.51. The van der Waals surface area contributed by atoms with Crippen LogP contribution in [0.2, 0.25) is 0 Å². The number of likely N-dealkylation sites (N-methyl/N-ethyl adjacent to an activating group) is 1. The molecule has 1 N–H and O–H groups in total. The van der Waals surface area contributed by atoms with Gasteiger partial charge >= 0.3 is 0 Å². The van der Waals surface area contributed by atoms with Crippen LogP contribution in [0.5, 0.6) is 0 Å². The van der Waals surface area contributed by atoms with Gasteiger partial charge < -0.3 is 14.0 Å². The van der Waals surface area contributed by atoms with E-state index in [1.165, 1.54) is 0 Å². The Balaban J connectivity index is 2.03. The van der Waals surface area contributed by atoms with Crippen LogP contribution >= 0.6 is 0 Å². The molecule has 0 radical (unpaired) electrons. The van der Waals surface area contributed by atoms with Crippen molar-refractivity contribution in [2.75, 3.05) is 19.7 Å². The van der Waals surface area contributed by atoms with E-state index in [0.717, 1.165) is 6.54 Å². The third-order valence-electron chi connectivity index (χ3n) is 2.43. The quantitative estimate of drug-likeness (QED) is 0.812. The molecule has 0 aliphatic heterocycles. The second-order valence-electron chi connectivity index (χ2n) is 3.59. The fraction of sp³-hybridized carbons (Fsp3) is 0.455. The molecule has 92 valence electrons. The number of aromatic nitrogens is 2. The maximum absolute atomic E-state index is 8.88. The predicted molar refractivity (Wildman–Crippen MR) is 60.0 cm³/mol. The normalized spacial score (nSPS) is 11.2. The van der Waals surface area contributed by atoms with Gasteiger partial charge in [0.25, 0.3) is 5.89 Å². The number of furan rings is 1. The van der Waals surface area contributed by atoms with Crippen molar-refractivity contribution >= 4 is 0 Å². The van der Waals surface area contributed by atoms with Gasteiger partial charge in [-0.05, 0) is 18.7 Å². The minimum atomic E-state index is 0.122. The van der Waals surface area contributed by atoms with Crippen molar-refractivity contribution in [3.8, 4) is 11.7 Å². The summed E-state index contributed by atoms with van der Waals surface area (Å²) in [5, 5.41) is 12.8. The Kier molecular flexibility index (Phi) is 3.89. The van der Waals surface area contributed by atoms with E-state index in [2.05, 4.69) is 10.1 Å². The molecule has 0 atom stereocenters. The summed E-state index contributed by atoms with van der Waals surface area (Å²) in [6.45, 7) is 4.12. The maximum atomic E-state index is 8.88. The number of nitrogens with zero attached hydrogens (tertiary/aromatic N) is 3. The number of rotatable bonds is 6. The summed E-state index contributed by atoms with van der Waals surface area (Å²) >= 11 is 0. The molecule has 0 aliphatic rings. The summed E-state index contributed by atoms with van der Waals surface area (Å²) in [6.07, 6.45) is 1.56. The van der Waals surface area contributed by atoms with Crippen molar-refractivity contribution in [2.24, 2.45) is 0 Å². The lowest BCUT2D eigenvalue weighted by Crippen LogP contribution is -2.26. The van der Waals surface area contributed by atoms with Gasteiger partial charge in [0, 0.05) is 6.54 Å². The van der Waals surface area contributed by atoms with E-state index in [0.29, 0.717) is 30.6 Å². The Bertz CT molecular complexity index is 439. The second kappa shape index (κ2) is 5.60. The van der Waals surface area contributed by atoms with Crippen LogP contribution in [0.3, 0.4) is 0 Å². The van der Waals surface area contributed by atoms with Crippen LogP contribution in [-0.4, -0.2) is 39.8 Å². The zero-order valence-corrected chi connectivity index (χ0v) is 9.67. The highest BCUT2D eigenvalue weighted by Gasteiger charge is 2.13. The van der Waals surface area contributed by atoms with Crippen molar-refractivity contribution in [3.63, 3.8) is 0 Å². The number of aliphatic hydroxyl groups excluding tert-OH is 1. The van der Waals surface area contributed by atoms with E-state index in [-0.39, 0.29) is 6.61 Å². The van der Waals surface area contributed by atoms with Gasteiger partial charge in [-0.2, -0.15) is 4.98 Å². The topological polar surface area (TPSA) is 75.5 Å². The first-order valence-electron chi connectivity index (χ1n) is 5.53. The van der Waals surface area contributed by atoms with E-state index >= 15 is 0 Å². The van der Waals surface area contributed by atoms with Crippen LogP contribution in [0.15, 0.2) is 27.3 Å². The van der Waals surface area contributed by atoms with Gasteiger partial charge in [-0.25, -0.2) is 0 Å². The van der Waals surface area contributed by atoms with Crippen LogP contribution in [0.4, 0.5) is 0 Å². The summed E-state index contributed by atoms with van der Waals surface area (Å²) in [4.78, 5) is 6.25. The summed E-state index contributed by atoms with van der Waals surface area (Å²) in [5.74, 6) is 1.53. The zero-order chi connectivity index (χ0) is 12.1. The van der Waals surface area contributed by atoms with E-state index in [1.807, 2.05) is 11.8 Å². The van der Waals surface area contributed by atoms with Gasteiger partial charge in [-0.3, -0.25) is 4.90 Å². The lowest BCUT2D eigenvalue weighted by Gasteiger charge is -2.16. The maximum Gasteiger partial charge on any atom is 0.293 e. The highest BCUT2D eigenvalue weighted by atomic mass is 16.5. The molecule has 0 saturated heterocycles. The molecule has 2 rings (SSSR count). The Morgan fingerprint density at radius 3 is 3.00 bits per heavy atom. The number of aliphatic hydroxyl groups is 1. The molecule has 0 unspecified atom stereocenters. The van der Waals surface area contributed by atoms with Crippen molar-refractivity contribution < 1.29 is 14.0 Å². The Morgan fingerprint density at radius 2 is 2.35 bits per heavy atom. The van der Waals surface area contributed by atoms with Crippen molar-refractivity contribution in [3.05, 3.63) is 24.2 Å². The molecular formula is C11H15N3O3. The van der Waals surface area contributed by atoms with Gasteiger partial charge in [0.05, 0.1) is 19.4 Å². The minimum absolute atomic E-state index is 0.122. The summed E-state index contributed by atoms with van der Waals surface area (Å²) in [6, 6.07) is 3.53. The molecule has 6 nitrogen and oxygen atoms in total. The number of hydrogen-bond donors (Lipinski definition) is 1. The van der Waals surface area contributed by atoms with Crippen LogP contribution in [-0.2, 0) is 6.54 Å². The highest BCUT2D eigenvalue weighted by molar-refractivity contribution is 5.42. The molecule has 0 spiro atoms. The molecule has 6 heteroatoms. The monoisotopic (exact) mass is 237 g/mol. The Morgan fingerprint density at radius 1 is 1.47 bits per heavy atom. The summed E-state index contributed by atoms with van der Waals surface area (Å²) < 4.78 is 10.3. The zero-order valence-electron chi connectivity index (χ0n) is 9.67. The fourth-order valence-corrected chi connectivity index (χ4v) is 1.51. The molecule has 0 amide bonds. The number of hydrogen-bond acceptors (Lipinski definition) is 6. The molecule has 0 aliphatic carbocycles. The smallest absolute Gasteiger partial charge is 0.293 e. The average molecular weight is 237 g/mol. The molecule has 17 heavy (non-hydrogen) atoms. The van der Waals surface area contributed by atoms with Gasteiger partial charge in [0.2, 0.25) is 0 Å². The van der Waals surface area contributed by atoms with E-state index < -0.39 is 0 Å². The van der Waals surface area contributed by atoms with Crippen LogP contribution in [0.25, 0.3) is 11.7 Å². The first-order valence-corrected chi connectivity index (χ1v) is 5.53. The second-order valence-corrected chi connectivity index (χ2v) is 3.59.